The molecular formula is C21H23N5O. The molecule has 0 spiro atoms. The van der Waals surface area contributed by atoms with E-state index >= 15 is 0 Å². The fourth-order valence-corrected chi connectivity index (χ4v) is 2.89. The number of aromatic nitrogens is 2. The molecule has 4 N–H and O–H groups in total. The Morgan fingerprint density at radius 1 is 1.15 bits per heavy atom. The molecule has 0 aliphatic rings. The van der Waals surface area contributed by atoms with Crippen LogP contribution in [0.5, 0.6) is 0 Å². The number of amides is 1. The van der Waals surface area contributed by atoms with Crippen LogP contribution < -0.4 is 11.1 Å². The Morgan fingerprint density at radius 3 is 2.67 bits per heavy atom. The van der Waals surface area contributed by atoms with E-state index in [-0.39, 0.29) is 11.7 Å². The number of hydrogen-bond acceptors (Lipinski definition) is 3. The molecule has 0 bridgehead atoms. The smallest absolute Gasteiger partial charge is 0.270 e. The number of hydrogen-bond donors (Lipinski definition) is 3. The summed E-state index contributed by atoms with van der Waals surface area (Å²) in [6.07, 6.45) is 1.78. The standard InChI is InChI=1S/C21H23N5O/c1-15-13-19(21(27)24-12-6-9-16-7-3-2-4-8-16)26(25-15)18-11-5-10-17(14-18)20(22)23/h2-5,7-8,10-11,13-14H,6,9,12H2,1H3,(H3,22,23)(H,24,27). The molecule has 3 aromatic rings. The Kier molecular flexibility index (Phi) is 5.66. The van der Waals surface area contributed by atoms with Crippen molar-refractivity contribution in [2.45, 2.75) is 19.8 Å². The Balaban J connectivity index is 1.69. The lowest BCUT2D eigenvalue weighted by molar-refractivity contribution is 0.0945. The van der Waals surface area contributed by atoms with E-state index in [9.17, 15) is 4.79 Å². The lowest BCUT2D eigenvalue weighted by atomic mass is 10.1. The average molecular weight is 361 g/mol. The zero-order chi connectivity index (χ0) is 19.2. The Labute approximate surface area is 158 Å². The Morgan fingerprint density at radius 2 is 1.93 bits per heavy atom. The number of carbonyl (C=O) groups is 1. The van der Waals surface area contributed by atoms with Crippen molar-refractivity contribution in [2.24, 2.45) is 5.73 Å². The van der Waals surface area contributed by atoms with Crippen LogP contribution in [0.1, 0.15) is 33.7 Å². The van der Waals surface area contributed by atoms with Gasteiger partial charge in [0.15, 0.2) is 0 Å². The first-order valence-corrected chi connectivity index (χ1v) is 8.88. The molecule has 0 saturated heterocycles. The SMILES string of the molecule is Cc1cc(C(=O)NCCCc2ccccc2)n(-c2cccc(C(=N)N)c2)n1. The molecule has 2 aromatic carbocycles. The van der Waals surface area contributed by atoms with Crippen LogP contribution in [0.3, 0.4) is 0 Å². The fraction of sp³-hybridized carbons (Fsp3) is 0.190. The van der Waals surface area contributed by atoms with Gasteiger partial charge in [0.2, 0.25) is 0 Å². The number of nitrogens with zero attached hydrogens (tertiary/aromatic N) is 2. The monoisotopic (exact) mass is 361 g/mol. The van der Waals surface area contributed by atoms with Crippen molar-refractivity contribution in [2.75, 3.05) is 6.54 Å². The van der Waals surface area contributed by atoms with Crippen LogP contribution in [-0.2, 0) is 6.42 Å². The van der Waals surface area contributed by atoms with Gasteiger partial charge < -0.3 is 11.1 Å². The number of nitrogens with two attached hydrogens (primary N) is 1. The van der Waals surface area contributed by atoms with E-state index in [1.807, 2.05) is 31.2 Å². The van der Waals surface area contributed by atoms with Crippen molar-refractivity contribution in [3.63, 3.8) is 0 Å². The Bertz CT molecular complexity index is 946. The highest BCUT2D eigenvalue weighted by Gasteiger charge is 2.15. The van der Waals surface area contributed by atoms with Gasteiger partial charge in [-0.2, -0.15) is 5.10 Å². The molecule has 0 saturated carbocycles. The van der Waals surface area contributed by atoms with Crippen LogP contribution in [0.15, 0.2) is 60.7 Å². The van der Waals surface area contributed by atoms with Crippen LogP contribution in [0.25, 0.3) is 5.69 Å². The average Bonchev–Trinajstić information content (AvgIpc) is 3.08. The zero-order valence-corrected chi connectivity index (χ0v) is 15.3. The summed E-state index contributed by atoms with van der Waals surface area (Å²) in [5, 5.41) is 15.0. The van der Waals surface area contributed by atoms with Gasteiger partial charge in [-0.05, 0) is 43.5 Å². The highest BCUT2D eigenvalue weighted by Crippen LogP contribution is 2.14. The largest absolute Gasteiger partial charge is 0.384 e. The van der Waals surface area contributed by atoms with Gasteiger partial charge in [-0.25, -0.2) is 4.68 Å². The number of carbonyl (C=O) groups excluding carboxylic acids is 1. The summed E-state index contributed by atoms with van der Waals surface area (Å²) in [5.74, 6) is -0.190. The maximum atomic E-state index is 12.6. The molecule has 0 fully saturated rings. The van der Waals surface area contributed by atoms with Crippen LogP contribution in [0.4, 0.5) is 0 Å². The number of nitrogens with one attached hydrogen (secondary N) is 2. The molecule has 138 valence electrons. The normalized spacial score (nSPS) is 10.6. The summed E-state index contributed by atoms with van der Waals surface area (Å²) in [6.45, 7) is 2.43. The van der Waals surface area contributed by atoms with Crippen molar-refractivity contribution >= 4 is 11.7 Å². The summed E-state index contributed by atoms with van der Waals surface area (Å²) in [7, 11) is 0. The minimum absolute atomic E-state index is 0.0207. The van der Waals surface area contributed by atoms with Gasteiger partial charge in [-0.3, -0.25) is 10.2 Å². The molecule has 3 rings (SSSR count). The second-order valence-electron chi connectivity index (χ2n) is 6.39. The predicted molar refractivity (Wildman–Crippen MR) is 106 cm³/mol. The highest BCUT2D eigenvalue weighted by molar-refractivity contribution is 5.96. The number of amidine groups is 1. The minimum atomic E-state index is -0.170. The van der Waals surface area contributed by atoms with Gasteiger partial charge >= 0.3 is 0 Å². The molecule has 0 unspecified atom stereocenters. The van der Waals surface area contributed by atoms with E-state index in [2.05, 4.69) is 22.5 Å². The summed E-state index contributed by atoms with van der Waals surface area (Å²) < 4.78 is 1.59. The number of benzene rings is 2. The van der Waals surface area contributed by atoms with Gasteiger partial charge in [0.05, 0.1) is 11.4 Å². The van der Waals surface area contributed by atoms with Crippen LogP contribution in [0, 0.1) is 12.3 Å². The third-order valence-electron chi connectivity index (χ3n) is 4.24. The number of nitrogen functional groups attached to an aromatic ring is 1. The molecule has 0 radical (unpaired) electrons. The summed E-state index contributed by atoms with van der Waals surface area (Å²) >= 11 is 0. The zero-order valence-electron chi connectivity index (χ0n) is 15.3. The van der Waals surface area contributed by atoms with Crippen molar-refractivity contribution in [1.82, 2.24) is 15.1 Å². The molecule has 0 atom stereocenters. The number of rotatable bonds is 7. The van der Waals surface area contributed by atoms with E-state index in [4.69, 9.17) is 11.1 Å². The summed E-state index contributed by atoms with van der Waals surface area (Å²) in [5.41, 5.74) is 9.33. The quantitative estimate of drug-likeness (QED) is 0.343. The van der Waals surface area contributed by atoms with Gasteiger partial charge in [0, 0.05) is 12.1 Å². The maximum absolute atomic E-state index is 12.6. The van der Waals surface area contributed by atoms with E-state index in [0.29, 0.717) is 23.5 Å². The second kappa shape index (κ2) is 8.31. The van der Waals surface area contributed by atoms with E-state index < -0.39 is 0 Å². The van der Waals surface area contributed by atoms with Gasteiger partial charge in [0.25, 0.3) is 5.91 Å². The molecule has 27 heavy (non-hydrogen) atoms. The van der Waals surface area contributed by atoms with Crippen LogP contribution in [-0.4, -0.2) is 28.1 Å². The molecule has 1 amide bonds. The predicted octanol–water partition coefficient (Wildman–Crippen LogP) is 2.83. The summed E-state index contributed by atoms with van der Waals surface area (Å²) in [6, 6.07) is 19.1. The van der Waals surface area contributed by atoms with Crippen LogP contribution >= 0.6 is 0 Å². The molecule has 1 aromatic heterocycles. The van der Waals surface area contributed by atoms with E-state index in [1.54, 1.807) is 28.9 Å². The van der Waals surface area contributed by atoms with Gasteiger partial charge in [0.1, 0.15) is 11.5 Å². The molecule has 0 aliphatic heterocycles. The first kappa shape index (κ1) is 18.4. The summed E-state index contributed by atoms with van der Waals surface area (Å²) in [4.78, 5) is 12.6. The molecule has 0 aliphatic carbocycles. The fourth-order valence-electron chi connectivity index (χ4n) is 2.89. The first-order valence-electron chi connectivity index (χ1n) is 8.88. The third kappa shape index (κ3) is 4.61. The van der Waals surface area contributed by atoms with Crippen molar-refractivity contribution < 1.29 is 4.79 Å². The second-order valence-corrected chi connectivity index (χ2v) is 6.39. The van der Waals surface area contributed by atoms with E-state index in [1.165, 1.54) is 5.56 Å². The van der Waals surface area contributed by atoms with Gasteiger partial charge in [-0.15, -0.1) is 0 Å². The molecule has 6 nitrogen and oxygen atoms in total. The maximum Gasteiger partial charge on any atom is 0.270 e. The first-order chi connectivity index (χ1) is 13.0. The Hall–Kier alpha value is -3.41. The van der Waals surface area contributed by atoms with Gasteiger partial charge in [-0.1, -0.05) is 42.5 Å². The van der Waals surface area contributed by atoms with Crippen molar-refractivity contribution in [3.8, 4) is 5.69 Å². The van der Waals surface area contributed by atoms with E-state index in [0.717, 1.165) is 18.5 Å². The highest BCUT2D eigenvalue weighted by atomic mass is 16.2. The number of aryl methyl sites for hydroxylation is 2. The van der Waals surface area contributed by atoms with Crippen molar-refractivity contribution in [1.29, 1.82) is 5.41 Å². The third-order valence-corrected chi connectivity index (χ3v) is 4.24. The van der Waals surface area contributed by atoms with Crippen molar-refractivity contribution in [3.05, 3.63) is 83.2 Å². The lowest BCUT2D eigenvalue weighted by Gasteiger charge is -2.09. The minimum Gasteiger partial charge on any atom is -0.384 e. The molecule has 6 heteroatoms. The lowest BCUT2D eigenvalue weighted by Crippen LogP contribution is -2.27. The molecular weight excluding hydrogens is 338 g/mol. The topological polar surface area (TPSA) is 96.8 Å². The van der Waals surface area contributed by atoms with Crippen LogP contribution in [0.2, 0.25) is 0 Å². The molecule has 1 heterocycles.